The second kappa shape index (κ2) is 6.45. The first-order valence-electron chi connectivity index (χ1n) is 7.30. The van der Waals surface area contributed by atoms with Crippen molar-refractivity contribution in [1.82, 2.24) is 0 Å². The van der Waals surface area contributed by atoms with E-state index in [-0.39, 0.29) is 0 Å². The van der Waals surface area contributed by atoms with E-state index in [0.717, 1.165) is 18.6 Å². The maximum Gasteiger partial charge on any atom is 0.460 e. The molecule has 0 saturated heterocycles. The van der Waals surface area contributed by atoms with Crippen LogP contribution in [0.25, 0.3) is 0 Å². The van der Waals surface area contributed by atoms with Gasteiger partial charge in [0.1, 0.15) is 5.75 Å². The van der Waals surface area contributed by atoms with Crippen molar-refractivity contribution < 1.29 is 52.1 Å². The predicted octanol–water partition coefficient (Wildman–Crippen LogP) is 4.70. The fourth-order valence-corrected chi connectivity index (χ4v) is 3.36. The van der Waals surface area contributed by atoms with E-state index in [1.807, 2.05) is 0 Å². The van der Waals surface area contributed by atoms with E-state index in [4.69, 9.17) is 0 Å². The molecule has 0 unspecified atom stereocenters. The van der Waals surface area contributed by atoms with E-state index in [2.05, 4.69) is 4.18 Å². The molecule has 3 nitrogen and oxygen atoms in total. The van der Waals surface area contributed by atoms with E-state index in [0.29, 0.717) is 30.4 Å². The molecule has 13 heteroatoms. The summed E-state index contributed by atoms with van der Waals surface area (Å²) in [6.45, 7) is 0. The van der Waals surface area contributed by atoms with Gasteiger partial charge in [-0.2, -0.15) is 47.9 Å². The zero-order valence-electron chi connectivity index (χ0n) is 13.1. The average molecular weight is 430 g/mol. The van der Waals surface area contributed by atoms with Crippen LogP contribution >= 0.6 is 0 Å². The van der Waals surface area contributed by atoms with Crippen LogP contribution in [0.3, 0.4) is 0 Å². The topological polar surface area (TPSA) is 43.4 Å². The Kier molecular flexibility index (Phi) is 5.17. The number of hydrogen-bond acceptors (Lipinski definition) is 3. The van der Waals surface area contributed by atoms with Gasteiger partial charge in [0.2, 0.25) is 0 Å². The van der Waals surface area contributed by atoms with Gasteiger partial charge in [0.15, 0.2) is 0 Å². The van der Waals surface area contributed by atoms with Gasteiger partial charge in [-0.15, -0.1) is 0 Å². The lowest BCUT2D eigenvalue weighted by atomic mass is 9.92. The highest BCUT2D eigenvalue weighted by molar-refractivity contribution is 7.88. The standard InChI is InChI=1S/C14H11F9O3S/c15-11(16,13(19,20)21)12(17,18)14(22,23)27(24,25)26-10-6-5-8-3-1-2-4-9(8)7-10/h5-7H,1-4H2. The first-order chi connectivity index (χ1) is 12.0. The van der Waals surface area contributed by atoms with Crippen molar-refractivity contribution in [3.8, 4) is 5.75 Å². The summed E-state index contributed by atoms with van der Waals surface area (Å²) in [6.07, 6.45) is -4.70. The highest BCUT2D eigenvalue weighted by Gasteiger charge is 2.86. The van der Waals surface area contributed by atoms with E-state index >= 15 is 0 Å². The highest BCUT2D eigenvalue weighted by atomic mass is 32.2. The molecule has 0 saturated carbocycles. The van der Waals surface area contributed by atoms with Crippen LogP contribution in [0.4, 0.5) is 39.5 Å². The first-order valence-corrected chi connectivity index (χ1v) is 8.71. The first kappa shape index (κ1) is 21.6. The summed E-state index contributed by atoms with van der Waals surface area (Å²) in [5.74, 6) is -15.5. The van der Waals surface area contributed by atoms with Gasteiger partial charge >= 0.3 is 33.4 Å². The van der Waals surface area contributed by atoms with Gasteiger partial charge in [0.25, 0.3) is 0 Å². The lowest BCUT2D eigenvalue weighted by Crippen LogP contribution is -2.63. The molecule has 0 fully saturated rings. The molecule has 2 rings (SSSR count). The smallest absolute Gasteiger partial charge is 0.378 e. The summed E-state index contributed by atoms with van der Waals surface area (Å²) >= 11 is 0. The number of benzene rings is 1. The molecule has 0 atom stereocenters. The monoisotopic (exact) mass is 430 g/mol. The van der Waals surface area contributed by atoms with Gasteiger partial charge in [-0.05, 0) is 48.9 Å². The third-order valence-electron chi connectivity index (χ3n) is 3.96. The summed E-state index contributed by atoms with van der Waals surface area (Å²) in [5.41, 5.74) is 1.18. The Hall–Kier alpha value is -1.66. The molecule has 154 valence electrons. The Balaban J connectivity index is 2.39. The molecule has 0 amide bonds. The van der Waals surface area contributed by atoms with Crippen molar-refractivity contribution in [1.29, 1.82) is 0 Å². The predicted molar refractivity (Wildman–Crippen MR) is 73.5 cm³/mol. The van der Waals surface area contributed by atoms with Gasteiger partial charge in [0.05, 0.1) is 0 Å². The van der Waals surface area contributed by atoms with Crippen molar-refractivity contribution in [2.75, 3.05) is 0 Å². The zero-order chi connectivity index (χ0) is 20.9. The molecular weight excluding hydrogens is 419 g/mol. The zero-order valence-corrected chi connectivity index (χ0v) is 13.9. The Labute approximate surface area is 147 Å². The van der Waals surface area contributed by atoms with Crippen molar-refractivity contribution in [2.24, 2.45) is 0 Å². The van der Waals surface area contributed by atoms with Crippen LogP contribution in [0.1, 0.15) is 24.0 Å². The fraction of sp³-hybridized carbons (Fsp3) is 0.571. The summed E-state index contributed by atoms with van der Waals surface area (Å²) < 4.78 is 142. The lowest BCUT2D eigenvalue weighted by molar-refractivity contribution is -0.382. The SMILES string of the molecule is O=S(=O)(Oc1ccc2c(c1)CCCC2)C(F)(F)C(F)(F)C(F)(F)C(F)(F)F. The normalized spacial score (nSPS) is 16.8. The number of alkyl halides is 9. The van der Waals surface area contributed by atoms with Crippen LogP contribution in [0.2, 0.25) is 0 Å². The summed E-state index contributed by atoms with van der Waals surface area (Å²) in [4.78, 5) is 0. The molecule has 27 heavy (non-hydrogen) atoms. The number of halogens is 9. The van der Waals surface area contributed by atoms with Crippen LogP contribution in [0, 0.1) is 0 Å². The minimum absolute atomic E-state index is 0.394. The van der Waals surface area contributed by atoms with Crippen LogP contribution in [0.15, 0.2) is 18.2 Å². The van der Waals surface area contributed by atoms with E-state index in [1.165, 1.54) is 6.07 Å². The van der Waals surface area contributed by atoms with Crippen LogP contribution in [-0.2, 0) is 23.0 Å². The summed E-state index contributed by atoms with van der Waals surface area (Å²) in [5, 5.41) is -6.87. The van der Waals surface area contributed by atoms with Crippen LogP contribution < -0.4 is 4.18 Å². The van der Waals surface area contributed by atoms with Gasteiger partial charge in [0, 0.05) is 0 Å². The highest BCUT2D eigenvalue weighted by Crippen LogP contribution is 2.55. The molecular formula is C14H11F9O3S. The number of aryl methyl sites for hydroxylation is 2. The van der Waals surface area contributed by atoms with Gasteiger partial charge < -0.3 is 4.18 Å². The number of rotatable bonds is 5. The molecule has 1 aromatic carbocycles. The molecule has 0 heterocycles. The Morgan fingerprint density at radius 2 is 1.30 bits per heavy atom. The molecule has 0 aliphatic heterocycles. The Morgan fingerprint density at radius 1 is 0.778 bits per heavy atom. The molecule has 1 aliphatic carbocycles. The molecule has 0 radical (unpaired) electrons. The molecule has 0 spiro atoms. The summed E-state index contributed by atoms with van der Waals surface area (Å²) in [6, 6.07) is 3.01. The third kappa shape index (κ3) is 3.45. The average Bonchev–Trinajstić information content (AvgIpc) is 2.52. The van der Waals surface area contributed by atoms with Gasteiger partial charge in [-0.25, -0.2) is 0 Å². The molecule has 1 aromatic rings. The van der Waals surface area contributed by atoms with E-state index < -0.39 is 39.1 Å². The quantitative estimate of drug-likeness (QED) is 0.503. The van der Waals surface area contributed by atoms with E-state index in [1.54, 1.807) is 0 Å². The second-order valence-corrected chi connectivity index (χ2v) is 7.43. The second-order valence-electron chi connectivity index (χ2n) is 5.84. The summed E-state index contributed by atoms with van der Waals surface area (Å²) in [7, 11) is -6.90. The molecule has 0 N–H and O–H groups in total. The molecule has 0 aromatic heterocycles. The fourth-order valence-electron chi connectivity index (χ4n) is 2.46. The Morgan fingerprint density at radius 3 is 1.81 bits per heavy atom. The third-order valence-corrected chi connectivity index (χ3v) is 5.25. The maximum atomic E-state index is 13.6. The number of hydrogen-bond donors (Lipinski definition) is 0. The van der Waals surface area contributed by atoms with Crippen LogP contribution in [0.5, 0.6) is 5.75 Å². The minimum atomic E-state index is -7.32. The Bertz CT molecular complexity index is 816. The minimum Gasteiger partial charge on any atom is -0.378 e. The van der Waals surface area contributed by atoms with Crippen molar-refractivity contribution in [3.05, 3.63) is 29.3 Å². The van der Waals surface area contributed by atoms with Gasteiger partial charge in [-0.3, -0.25) is 0 Å². The van der Waals surface area contributed by atoms with Crippen molar-refractivity contribution >= 4 is 10.1 Å². The van der Waals surface area contributed by atoms with Crippen LogP contribution in [-0.4, -0.2) is 31.7 Å². The van der Waals surface area contributed by atoms with Gasteiger partial charge in [-0.1, -0.05) is 6.07 Å². The van der Waals surface area contributed by atoms with E-state index in [9.17, 15) is 47.9 Å². The molecule has 1 aliphatic rings. The maximum absolute atomic E-state index is 13.6. The van der Waals surface area contributed by atoms with Crippen molar-refractivity contribution in [3.63, 3.8) is 0 Å². The largest absolute Gasteiger partial charge is 0.460 e. The number of fused-ring (bicyclic) bond motifs is 1. The molecule has 0 bridgehead atoms. The lowest BCUT2D eigenvalue weighted by Gasteiger charge is -2.32. The van der Waals surface area contributed by atoms with Crippen molar-refractivity contribution in [2.45, 2.75) is 49.0 Å².